The number of aromatic hydroxyl groups is 1. The van der Waals surface area contributed by atoms with Crippen molar-refractivity contribution in [2.75, 3.05) is 0 Å². The van der Waals surface area contributed by atoms with Gasteiger partial charge < -0.3 is 9.52 Å². The van der Waals surface area contributed by atoms with Gasteiger partial charge in [-0.2, -0.15) is 0 Å². The molecule has 0 radical (unpaired) electrons. The van der Waals surface area contributed by atoms with Gasteiger partial charge in [-0.05, 0) is 39.3 Å². The van der Waals surface area contributed by atoms with Crippen LogP contribution in [0.4, 0.5) is 0 Å². The predicted octanol–water partition coefficient (Wildman–Crippen LogP) is 8.19. The highest BCUT2D eigenvalue weighted by molar-refractivity contribution is 6.24. The van der Waals surface area contributed by atoms with Crippen molar-refractivity contribution in [2.24, 2.45) is 0 Å². The van der Waals surface area contributed by atoms with E-state index in [0.29, 0.717) is 5.75 Å². The summed E-state index contributed by atoms with van der Waals surface area (Å²) >= 11 is 0. The van der Waals surface area contributed by atoms with Gasteiger partial charge in [0.05, 0.1) is 0 Å². The van der Waals surface area contributed by atoms with Crippen LogP contribution in [0.1, 0.15) is 52.7 Å². The highest BCUT2D eigenvalue weighted by Gasteiger charge is 2.25. The number of hydrogen-bond acceptors (Lipinski definition) is 2. The Labute approximate surface area is 177 Å². The average Bonchev–Trinajstić information content (AvgIpc) is 3.05. The van der Waals surface area contributed by atoms with Crippen molar-refractivity contribution in [1.29, 1.82) is 0 Å². The van der Waals surface area contributed by atoms with Crippen molar-refractivity contribution in [1.82, 2.24) is 0 Å². The number of benzene rings is 4. The monoisotopic (exact) mass is 396 g/mol. The second-order valence-electron chi connectivity index (χ2n) is 10.5. The number of furan rings is 1. The Morgan fingerprint density at radius 1 is 0.667 bits per heavy atom. The van der Waals surface area contributed by atoms with Gasteiger partial charge in [-0.1, -0.05) is 84.0 Å². The molecule has 2 nitrogen and oxygen atoms in total. The van der Waals surface area contributed by atoms with Gasteiger partial charge in [-0.25, -0.2) is 0 Å². The maximum Gasteiger partial charge on any atom is 0.143 e. The second kappa shape index (κ2) is 6.01. The summed E-state index contributed by atoms with van der Waals surface area (Å²) in [6.45, 7) is 13.4. The number of phenols is 1. The molecule has 0 spiro atoms. The zero-order chi connectivity index (χ0) is 21.4. The van der Waals surface area contributed by atoms with E-state index in [1.807, 2.05) is 30.3 Å². The van der Waals surface area contributed by atoms with Gasteiger partial charge >= 0.3 is 0 Å². The Hall–Kier alpha value is -3.00. The summed E-state index contributed by atoms with van der Waals surface area (Å²) in [5.41, 5.74) is 4.28. The van der Waals surface area contributed by atoms with E-state index in [1.54, 1.807) is 0 Å². The van der Waals surface area contributed by atoms with Crippen LogP contribution in [0.2, 0.25) is 0 Å². The van der Waals surface area contributed by atoms with Gasteiger partial charge in [-0.15, -0.1) is 0 Å². The summed E-state index contributed by atoms with van der Waals surface area (Å²) in [5.74, 6) is 0.293. The molecule has 4 aromatic carbocycles. The van der Waals surface area contributed by atoms with E-state index in [9.17, 15) is 5.11 Å². The molecule has 5 rings (SSSR count). The Balaban J connectivity index is 2.04. The van der Waals surface area contributed by atoms with Crippen molar-refractivity contribution >= 4 is 43.5 Å². The fourth-order valence-electron chi connectivity index (χ4n) is 4.51. The lowest BCUT2D eigenvalue weighted by Crippen LogP contribution is -2.12. The lowest BCUT2D eigenvalue weighted by molar-refractivity contribution is 0.482. The normalized spacial score (nSPS) is 13.1. The molecule has 0 saturated carbocycles. The molecule has 0 aliphatic carbocycles. The minimum absolute atomic E-state index is 0.0735. The van der Waals surface area contributed by atoms with Crippen LogP contribution in [0.3, 0.4) is 0 Å². The van der Waals surface area contributed by atoms with Gasteiger partial charge in [0.15, 0.2) is 0 Å². The van der Waals surface area contributed by atoms with Crippen LogP contribution < -0.4 is 0 Å². The third kappa shape index (κ3) is 2.70. The molecule has 0 aliphatic rings. The van der Waals surface area contributed by atoms with E-state index >= 15 is 0 Å². The van der Waals surface area contributed by atoms with Gasteiger partial charge in [0.25, 0.3) is 0 Å². The first-order valence-corrected chi connectivity index (χ1v) is 10.6. The molecule has 0 fully saturated rings. The van der Waals surface area contributed by atoms with Crippen molar-refractivity contribution in [3.05, 3.63) is 65.7 Å². The number of hydrogen-bond donors (Lipinski definition) is 1. The standard InChI is InChI=1S/C28H28O2/c1-27(2,3)17-11-12-18-16(13-17)14-22(28(4,5)6)26-24(18)21-15-23(29)19-9-7-8-10-20(19)25(21)30-26/h7-15,29H,1-6H3. The van der Waals surface area contributed by atoms with Crippen LogP contribution in [0, 0.1) is 0 Å². The molecule has 2 heteroatoms. The predicted molar refractivity (Wildman–Crippen MR) is 128 cm³/mol. The fourth-order valence-corrected chi connectivity index (χ4v) is 4.51. The van der Waals surface area contributed by atoms with E-state index in [4.69, 9.17) is 4.42 Å². The Morgan fingerprint density at radius 2 is 1.37 bits per heavy atom. The Morgan fingerprint density at radius 3 is 2.03 bits per heavy atom. The number of rotatable bonds is 0. The zero-order valence-electron chi connectivity index (χ0n) is 18.6. The molecule has 0 unspecified atom stereocenters. The molecule has 0 amide bonds. The van der Waals surface area contributed by atoms with Crippen LogP contribution in [0.15, 0.2) is 59.0 Å². The summed E-state index contributed by atoms with van der Waals surface area (Å²) < 4.78 is 6.57. The smallest absolute Gasteiger partial charge is 0.143 e. The third-order valence-electron chi connectivity index (χ3n) is 6.21. The molecule has 0 bridgehead atoms. The molecule has 152 valence electrons. The highest BCUT2D eigenvalue weighted by atomic mass is 16.3. The summed E-state index contributed by atoms with van der Waals surface area (Å²) in [6, 6.07) is 18.8. The fraction of sp³-hybridized carbons (Fsp3) is 0.286. The number of fused-ring (bicyclic) bond motifs is 7. The largest absolute Gasteiger partial charge is 0.507 e. The quantitative estimate of drug-likeness (QED) is 0.286. The van der Waals surface area contributed by atoms with E-state index in [-0.39, 0.29) is 10.8 Å². The molecule has 1 aromatic heterocycles. The summed E-state index contributed by atoms with van der Waals surface area (Å²) in [5, 5.41) is 17.0. The molecule has 0 aliphatic heterocycles. The van der Waals surface area contributed by atoms with E-state index in [2.05, 4.69) is 65.8 Å². The van der Waals surface area contributed by atoms with Crippen LogP contribution in [-0.4, -0.2) is 5.11 Å². The Kier molecular flexibility index (Phi) is 3.80. The topological polar surface area (TPSA) is 33.4 Å². The SMILES string of the molecule is CC(C)(C)c1ccc2c(c1)cc(C(C)(C)C)c1oc3c4ccccc4c(O)cc3c12. The molecular weight excluding hydrogens is 368 g/mol. The highest BCUT2D eigenvalue weighted by Crippen LogP contribution is 2.45. The first-order chi connectivity index (χ1) is 14.1. The van der Waals surface area contributed by atoms with Crippen molar-refractivity contribution in [3.63, 3.8) is 0 Å². The lowest BCUT2D eigenvalue weighted by Gasteiger charge is -2.22. The van der Waals surface area contributed by atoms with Crippen LogP contribution in [0.25, 0.3) is 43.5 Å². The zero-order valence-corrected chi connectivity index (χ0v) is 18.6. The van der Waals surface area contributed by atoms with Gasteiger partial charge in [-0.3, -0.25) is 0 Å². The van der Waals surface area contributed by atoms with Crippen LogP contribution >= 0.6 is 0 Å². The van der Waals surface area contributed by atoms with E-state index < -0.39 is 0 Å². The molecular formula is C28H28O2. The van der Waals surface area contributed by atoms with Crippen molar-refractivity contribution < 1.29 is 9.52 Å². The van der Waals surface area contributed by atoms with Crippen LogP contribution in [-0.2, 0) is 10.8 Å². The lowest BCUT2D eigenvalue weighted by atomic mass is 9.82. The van der Waals surface area contributed by atoms with E-state index in [0.717, 1.165) is 32.7 Å². The average molecular weight is 397 g/mol. The van der Waals surface area contributed by atoms with Crippen molar-refractivity contribution in [3.8, 4) is 5.75 Å². The first-order valence-electron chi connectivity index (χ1n) is 10.6. The summed E-state index contributed by atoms with van der Waals surface area (Å²) in [7, 11) is 0. The summed E-state index contributed by atoms with van der Waals surface area (Å²) in [6.07, 6.45) is 0. The van der Waals surface area contributed by atoms with E-state index in [1.165, 1.54) is 21.9 Å². The number of phenolic OH excluding ortho intramolecular Hbond substituents is 1. The van der Waals surface area contributed by atoms with Gasteiger partial charge in [0.1, 0.15) is 16.9 Å². The summed E-state index contributed by atoms with van der Waals surface area (Å²) in [4.78, 5) is 0. The minimum Gasteiger partial charge on any atom is -0.507 e. The molecule has 1 heterocycles. The first kappa shape index (κ1) is 19.0. The second-order valence-corrected chi connectivity index (χ2v) is 10.5. The molecule has 1 N–H and O–H groups in total. The molecule has 0 saturated heterocycles. The minimum atomic E-state index is -0.0735. The van der Waals surface area contributed by atoms with Gasteiger partial charge in [0.2, 0.25) is 0 Å². The maximum absolute atomic E-state index is 10.8. The maximum atomic E-state index is 10.8. The van der Waals surface area contributed by atoms with Gasteiger partial charge in [0, 0.05) is 27.1 Å². The molecule has 5 aromatic rings. The van der Waals surface area contributed by atoms with Crippen molar-refractivity contribution in [2.45, 2.75) is 52.4 Å². The Bertz CT molecular complexity index is 1450. The third-order valence-corrected chi connectivity index (χ3v) is 6.21. The molecule has 0 atom stereocenters. The molecule has 30 heavy (non-hydrogen) atoms. The van der Waals surface area contributed by atoms with Crippen LogP contribution in [0.5, 0.6) is 5.75 Å².